The second-order valence-corrected chi connectivity index (χ2v) is 5.30. The fourth-order valence-corrected chi connectivity index (χ4v) is 2.93. The Balaban J connectivity index is 2.03. The highest BCUT2D eigenvalue weighted by atomic mass is 16.5. The molecule has 1 saturated carbocycles. The van der Waals surface area contributed by atoms with Crippen molar-refractivity contribution < 1.29 is 9.84 Å². The highest BCUT2D eigenvalue weighted by Crippen LogP contribution is 2.37. The zero-order valence-corrected chi connectivity index (χ0v) is 10.4. The molecule has 0 spiro atoms. The van der Waals surface area contributed by atoms with Crippen molar-refractivity contribution in [3.63, 3.8) is 0 Å². The van der Waals surface area contributed by atoms with E-state index in [1.165, 1.54) is 12.8 Å². The van der Waals surface area contributed by atoms with Crippen LogP contribution in [0, 0.1) is 5.92 Å². The Morgan fingerprint density at radius 2 is 2.25 bits per heavy atom. The van der Waals surface area contributed by atoms with Crippen molar-refractivity contribution in [1.29, 1.82) is 0 Å². The zero-order valence-electron chi connectivity index (χ0n) is 10.4. The Kier molecular flexibility index (Phi) is 3.91. The number of hydrogen-bond acceptors (Lipinski definition) is 2. The summed E-state index contributed by atoms with van der Waals surface area (Å²) in [5, 5.41) is 10.7. The van der Waals surface area contributed by atoms with E-state index in [1.54, 1.807) is 0 Å². The normalized spacial score (nSPS) is 36.1. The minimum absolute atomic E-state index is 0.648. The van der Waals surface area contributed by atoms with Gasteiger partial charge in [0.05, 0.1) is 6.61 Å². The van der Waals surface area contributed by atoms with Gasteiger partial charge in [-0.15, -0.1) is 0 Å². The lowest BCUT2D eigenvalue weighted by molar-refractivity contribution is -0.00759. The van der Waals surface area contributed by atoms with E-state index < -0.39 is 5.60 Å². The van der Waals surface area contributed by atoms with Crippen molar-refractivity contribution in [2.75, 3.05) is 6.61 Å². The van der Waals surface area contributed by atoms with E-state index in [1.807, 2.05) is 0 Å². The third kappa shape index (κ3) is 2.60. The minimum atomic E-state index is -0.648. The van der Waals surface area contributed by atoms with Gasteiger partial charge in [0.25, 0.3) is 0 Å². The van der Waals surface area contributed by atoms with Crippen LogP contribution in [0.4, 0.5) is 0 Å². The molecule has 1 aliphatic heterocycles. The lowest BCUT2D eigenvalue weighted by atomic mass is 9.89. The van der Waals surface area contributed by atoms with Gasteiger partial charge in [-0.3, -0.25) is 0 Å². The van der Waals surface area contributed by atoms with Crippen molar-refractivity contribution in [3.05, 3.63) is 11.8 Å². The number of rotatable bonds is 2. The largest absolute Gasteiger partial charge is 0.495 e. The van der Waals surface area contributed by atoms with E-state index in [2.05, 4.69) is 13.0 Å². The van der Waals surface area contributed by atoms with Crippen LogP contribution in [0.3, 0.4) is 0 Å². The maximum Gasteiger partial charge on any atom is 0.124 e. The molecule has 1 aliphatic carbocycles. The molecule has 16 heavy (non-hydrogen) atoms. The minimum Gasteiger partial charge on any atom is -0.495 e. The molecule has 0 amide bonds. The van der Waals surface area contributed by atoms with Crippen molar-refractivity contribution in [3.8, 4) is 0 Å². The quantitative estimate of drug-likeness (QED) is 0.728. The summed E-state index contributed by atoms with van der Waals surface area (Å²) in [6.45, 7) is 3.04. The summed E-state index contributed by atoms with van der Waals surface area (Å²) in [6.07, 6.45) is 10.8. The van der Waals surface area contributed by atoms with Crippen LogP contribution in [0.15, 0.2) is 11.8 Å². The lowest BCUT2D eigenvalue weighted by Gasteiger charge is -2.31. The molecule has 1 N–H and O–H groups in total. The molecule has 0 bridgehead atoms. The molecule has 2 atom stereocenters. The molecule has 0 radical (unpaired) electrons. The van der Waals surface area contributed by atoms with Gasteiger partial charge >= 0.3 is 0 Å². The summed E-state index contributed by atoms with van der Waals surface area (Å²) in [4.78, 5) is 0. The molecule has 2 heteroatoms. The molecule has 2 rings (SSSR count). The Hall–Kier alpha value is -0.500. The van der Waals surface area contributed by atoms with E-state index >= 15 is 0 Å². The molecule has 0 saturated heterocycles. The molecule has 1 fully saturated rings. The van der Waals surface area contributed by atoms with Gasteiger partial charge in [-0.1, -0.05) is 19.8 Å². The number of aliphatic hydroxyl groups is 1. The zero-order chi connectivity index (χ0) is 11.4. The molecule has 2 unspecified atom stereocenters. The monoisotopic (exact) mass is 224 g/mol. The number of allylic oxidation sites excluding steroid dienone is 1. The fourth-order valence-electron chi connectivity index (χ4n) is 2.93. The highest BCUT2D eigenvalue weighted by molar-refractivity contribution is 5.12. The van der Waals surface area contributed by atoms with Crippen LogP contribution < -0.4 is 0 Å². The molecule has 2 nitrogen and oxygen atoms in total. The van der Waals surface area contributed by atoms with Gasteiger partial charge in [-0.25, -0.2) is 0 Å². The second-order valence-electron chi connectivity index (χ2n) is 5.30. The van der Waals surface area contributed by atoms with Gasteiger partial charge in [-0.05, 0) is 50.5 Å². The smallest absolute Gasteiger partial charge is 0.124 e. The summed E-state index contributed by atoms with van der Waals surface area (Å²) in [6, 6.07) is 0. The van der Waals surface area contributed by atoms with Crippen LogP contribution in [0.2, 0.25) is 0 Å². The van der Waals surface area contributed by atoms with E-state index in [4.69, 9.17) is 4.74 Å². The molecular weight excluding hydrogens is 200 g/mol. The molecule has 0 aromatic heterocycles. The Morgan fingerprint density at radius 1 is 1.38 bits per heavy atom. The SMILES string of the molecule is CCC1CCCC(O)(C2=CCCCO2)CC1. The Morgan fingerprint density at radius 3 is 2.94 bits per heavy atom. The molecule has 0 aromatic carbocycles. The first-order valence-corrected chi connectivity index (χ1v) is 6.80. The summed E-state index contributed by atoms with van der Waals surface area (Å²) >= 11 is 0. The third-order valence-corrected chi connectivity index (χ3v) is 4.14. The van der Waals surface area contributed by atoms with Gasteiger partial charge in [0.2, 0.25) is 0 Å². The topological polar surface area (TPSA) is 29.5 Å². The van der Waals surface area contributed by atoms with Crippen molar-refractivity contribution in [2.45, 2.75) is 63.9 Å². The van der Waals surface area contributed by atoms with Gasteiger partial charge in [0.1, 0.15) is 11.4 Å². The Bertz CT molecular complexity index is 259. The summed E-state index contributed by atoms with van der Waals surface area (Å²) in [7, 11) is 0. The average molecular weight is 224 g/mol. The van der Waals surface area contributed by atoms with Crippen LogP contribution in [-0.2, 0) is 4.74 Å². The lowest BCUT2D eigenvalue weighted by Crippen LogP contribution is -2.33. The first kappa shape index (κ1) is 12.0. The van der Waals surface area contributed by atoms with Gasteiger partial charge in [0, 0.05) is 0 Å². The van der Waals surface area contributed by atoms with E-state index in [9.17, 15) is 5.11 Å². The Labute approximate surface area is 98.7 Å². The molecule has 2 aliphatic rings. The van der Waals surface area contributed by atoms with Crippen molar-refractivity contribution in [2.24, 2.45) is 5.92 Å². The maximum absolute atomic E-state index is 10.7. The standard InChI is InChI=1S/C14H24O2/c1-2-12-6-5-9-14(15,10-8-12)13-7-3-4-11-16-13/h7,12,15H,2-6,8-11H2,1H3. The fraction of sp³-hybridized carbons (Fsp3) is 0.857. The average Bonchev–Trinajstić information content (AvgIpc) is 2.53. The van der Waals surface area contributed by atoms with Gasteiger partial charge < -0.3 is 9.84 Å². The van der Waals surface area contributed by atoms with E-state index in [-0.39, 0.29) is 0 Å². The summed E-state index contributed by atoms with van der Waals surface area (Å²) in [5.41, 5.74) is -0.648. The predicted octanol–water partition coefficient (Wildman–Crippen LogP) is 3.40. The first-order valence-electron chi connectivity index (χ1n) is 6.80. The first-order chi connectivity index (χ1) is 7.74. The van der Waals surface area contributed by atoms with Crippen LogP contribution in [0.25, 0.3) is 0 Å². The number of ether oxygens (including phenoxy) is 1. The maximum atomic E-state index is 10.7. The number of hydrogen-bond donors (Lipinski definition) is 1. The summed E-state index contributed by atoms with van der Waals surface area (Å²) < 4.78 is 5.66. The van der Waals surface area contributed by atoms with Crippen LogP contribution >= 0.6 is 0 Å². The molecule has 0 aromatic rings. The van der Waals surface area contributed by atoms with E-state index in [0.29, 0.717) is 0 Å². The molecule has 1 heterocycles. The van der Waals surface area contributed by atoms with Crippen molar-refractivity contribution in [1.82, 2.24) is 0 Å². The highest BCUT2D eigenvalue weighted by Gasteiger charge is 2.36. The van der Waals surface area contributed by atoms with Gasteiger partial charge in [0.15, 0.2) is 0 Å². The summed E-state index contributed by atoms with van der Waals surface area (Å²) in [5.74, 6) is 1.67. The second kappa shape index (κ2) is 5.22. The third-order valence-electron chi connectivity index (χ3n) is 4.14. The molecular formula is C14H24O2. The van der Waals surface area contributed by atoms with Crippen LogP contribution in [0.1, 0.15) is 58.3 Å². The van der Waals surface area contributed by atoms with E-state index in [0.717, 1.165) is 56.8 Å². The van der Waals surface area contributed by atoms with Crippen LogP contribution in [0.5, 0.6) is 0 Å². The van der Waals surface area contributed by atoms with Crippen LogP contribution in [-0.4, -0.2) is 17.3 Å². The molecule has 92 valence electrons. The predicted molar refractivity (Wildman–Crippen MR) is 65.1 cm³/mol. The van der Waals surface area contributed by atoms with Crippen molar-refractivity contribution >= 4 is 0 Å². The van der Waals surface area contributed by atoms with Gasteiger partial charge in [-0.2, -0.15) is 0 Å².